The lowest BCUT2D eigenvalue weighted by atomic mass is 10.0. The van der Waals surface area contributed by atoms with E-state index in [-0.39, 0.29) is 5.91 Å². The van der Waals surface area contributed by atoms with Crippen LogP contribution in [0.25, 0.3) is 11.5 Å². The number of aromatic nitrogens is 2. The number of amides is 1. The first-order valence-electron chi connectivity index (χ1n) is 7.44. The lowest BCUT2D eigenvalue weighted by Crippen LogP contribution is -2.28. The monoisotopic (exact) mass is 309 g/mol. The molecule has 1 aliphatic rings. The number of nitrogens with zero attached hydrogens (tertiary/aromatic N) is 2. The Balaban J connectivity index is 1.57. The fourth-order valence-electron chi connectivity index (χ4n) is 2.61. The summed E-state index contributed by atoms with van der Waals surface area (Å²) in [7, 11) is 0. The Morgan fingerprint density at radius 1 is 1.22 bits per heavy atom. The molecule has 4 rings (SSSR count). The number of hydrogen-bond donors (Lipinski definition) is 1. The van der Waals surface area contributed by atoms with Crippen molar-refractivity contribution in [1.29, 1.82) is 0 Å². The Labute approximate surface area is 132 Å². The summed E-state index contributed by atoms with van der Waals surface area (Å²) in [4.78, 5) is 17.0. The summed E-state index contributed by atoms with van der Waals surface area (Å²) < 4.78 is 10.6. The quantitative estimate of drug-likeness (QED) is 0.799. The van der Waals surface area contributed by atoms with Crippen LogP contribution in [0.2, 0.25) is 0 Å². The zero-order valence-corrected chi connectivity index (χ0v) is 12.6. The van der Waals surface area contributed by atoms with Gasteiger partial charge in [-0.3, -0.25) is 4.79 Å². The minimum absolute atomic E-state index is 0.102. The molecule has 6 nitrogen and oxygen atoms in total. The molecule has 0 bridgehead atoms. The third-order valence-electron chi connectivity index (χ3n) is 4.08. The third kappa shape index (κ3) is 2.42. The number of pyridine rings is 1. The molecule has 6 heteroatoms. The number of nitrogens with one attached hydrogen (secondary N) is 1. The van der Waals surface area contributed by atoms with Gasteiger partial charge in [0.05, 0.1) is 17.4 Å². The number of carbonyl (C=O) groups is 1. The van der Waals surface area contributed by atoms with Gasteiger partial charge in [0, 0.05) is 11.8 Å². The maximum atomic E-state index is 12.6. The van der Waals surface area contributed by atoms with E-state index in [4.69, 9.17) is 8.94 Å². The molecule has 0 radical (unpaired) electrons. The Morgan fingerprint density at radius 3 is 2.78 bits per heavy atom. The predicted octanol–water partition coefficient (Wildman–Crippen LogP) is 3.31. The van der Waals surface area contributed by atoms with Gasteiger partial charge in [0.2, 0.25) is 11.7 Å². The molecule has 3 heterocycles. The van der Waals surface area contributed by atoms with E-state index in [0.717, 1.165) is 18.5 Å². The molecule has 3 aromatic heterocycles. The van der Waals surface area contributed by atoms with E-state index < -0.39 is 5.41 Å². The molecule has 1 fully saturated rings. The molecule has 0 atom stereocenters. The molecule has 0 aliphatic heterocycles. The van der Waals surface area contributed by atoms with Crippen LogP contribution < -0.4 is 5.32 Å². The van der Waals surface area contributed by atoms with Gasteiger partial charge < -0.3 is 14.3 Å². The predicted molar refractivity (Wildman–Crippen MR) is 82.7 cm³/mol. The van der Waals surface area contributed by atoms with Gasteiger partial charge in [-0.1, -0.05) is 11.2 Å². The Morgan fingerprint density at radius 2 is 2.09 bits per heavy atom. The summed E-state index contributed by atoms with van der Waals surface area (Å²) >= 11 is 0. The minimum Gasteiger partial charge on any atom is -0.461 e. The van der Waals surface area contributed by atoms with Gasteiger partial charge in [0.15, 0.2) is 5.76 Å². The molecule has 0 spiro atoms. The van der Waals surface area contributed by atoms with Gasteiger partial charge >= 0.3 is 0 Å². The second kappa shape index (κ2) is 5.08. The molecule has 0 unspecified atom stereocenters. The van der Waals surface area contributed by atoms with E-state index in [2.05, 4.69) is 15.5 Å². The molecule has 1 saturated carbocycles. The lowest BCUT2D eigenvalue weighted by Gasteiger charge is -2.12. The summed E-state index contributed by atoms with van der Waals surface area (Å²) in [5.74, 6) is 1.57. The van der Waals surface area contributed by atoms with Gasteiger partial charge in [-0.25, -0.2) is 4.98 Å². The van der Waals surface area contributed by atoms with Crippen LogP contribution in [0.5, 0.6) is 0 Å². The molecule has 1 N–H and O–H groups in total. The number of aryl methyl sites for hydroxylation is 1. The van der Waals surface area contributed by atoms with Crippen LogP contribution in [-0.4, -0.2) is 16.0 Å². The first-order valence-corrected chi connectivity index (χ1v) is 7.44. The van der Waals surface area contributed by atoms with Crippen molar-refractivity contribution in [3.63, 3.8) is 0 Å². The standard InChI is InChI=1S/C17H15N3O3/c1-11-4-2-6-15(18-11)19-16(21)17(7-8-17)14-10-13(23-20-14)12-5-3-9-22-12/h2-6,9-10H,7-8H2,1H3,(H,18,19,21). The van der Waals surface area contributed by atoms with Crippen LogP contribution in [0.15, 0.2) is 51.6 Å². The van der Waals surface area contributed by atoms with Crippen molar-refractivity contribution < 1.29 is 13.7 Å². The van der Waals surface area contributed by atoms with E-state index in [0.29, 0.717) is 23.0 Å². The number of hydrogen-bond acceptors (Lipinski definition) is 5. The first kappa shape index (κ1) is 13.8. The van der Waals surface area contributed by atoms with Crippen LogP contribution in [0, 0.1) is 6.92 Å². The number of carbonyl (C=O) groups excluding carboxylic acids is 1. The molecular weight excluding hydrogens is 294 g/mol. The maximum Gasteiger partial charge on any atom is 0.237 e. The van der Waals surface area contributed by atoms with E-state index >= 15 is 0 Å². The highest BCUT2D eigenvalue weighted by Gasteiger charge is 2.54. The normalized spacial score (nSPS) is 15.3. The molecule has 1 aliphatic carbocycles. The smallest absolute Gasteiger partial charge is 0.237 e. The third-order valence-corrected chi connectivity index (χ3v) is 4.08. The van der Waals surface area contributed by atoms with E-state index in [1.807, 2.05) is 19.1 Å². The van der Waals surface area contributed by atoms with Crippen molar-refractivity contribution in [2.45, 2.75) is 25.2 Å². The van der Waals surface area contributed by atoms with Crippen LogP contribution in [0.4, 0.5) is 5.82 Å². The molecule has 3 aromatic rings. The average molecular weight is 309 g/mol. The van der Waals surface area contributed by atoms with Crippen molar-refractivity contribution in [3.8, 4) is 11.5 Å². The maximum absolute atomic E-state index is 12.6. The van der Waals surface area contributed by atoms with Gasteiger partial charge in [0.1, 0.15) is 5.82 Å². The molecule has 23 heavy (non-hydrogen) atoms. The Kier molecular flexibility index (Phi) is 3.04. The highest BCUT2D eigenvalue weighted by atomic mass is 16.5. The van der Waals surface area contributed by atoms with Crippen LogP contribution >= 0.6 is 0 Å². The largest absolute Gasteiger partial charge is 0.461 e. The van der Waals surface area contributed by atoms with Crippen molar-refractivity contribution in [2.24, 2.45) is 0 Å². The van der Waals surface area contributed by atoms with Gasteiger partial charge in [0.25, 0.3) is 0 Å². The fourth-order valence-corrected chi connectivity index (χ4v) is 2.61. The average Bonchev–Trinajstić information content (AvgIpc) is 2.98. The van der Waals surface area contributed by atoms with Gasteiger partial charge in [-0.15, -0.1) is 0 Å². The summed E-state index contributed by atoms with van der Waals surface area (Å²) in [6, 6.07) is 10.9. The molecule has 0 saturated heterocycles. The highest BCUT2D eigenvalue weighted by molar-refractivity contribution is 6.00. The first-order chi connectivity index (χ1) is 11.2. The second-order valence-corrected chi connectivity index (χ2v) is 5.75. The van der Waals surface area contributed by atoms with Gasteiger partial charge in [-0.05, 0) is 44.0 Å². The second-order valence-electron chi connectivity index (χ2n) is 5.75. The number of rotatable bonds is 4. The zero-order chi connectivity index (χ0) is 15.9. The number of furan rings is 1. The fraction of sp³-hybridized carbons (Fsp3) is 0.235. The van der Waals surface area contributed by atoms with Crippen molar-refractivity contribution in [1.82, 2.24) is 10.1 Å². The van der Waals surface area contributed by atoms with Crippen LogP contribution in [0.1, 0.15) is 24.2 Å². The number of anilines is 1. The van der Waals surface area contributed by atoms with E-state index in [1.54, 1.807) is 30.5 Å². The Hall–Kier alpha value is -2.89. The van der Waals surface area contributed by atoms with Crippen LogP contribution in [-0.2, 0) is 10.2 Å². The van der Waals surface area contributed by atoms with Crippen molar-refractivity contribution in [3.05, 3.63) is 54.0 Å². The summed E-state index contributed by atoms with van der Waals surface area (Å²) in [6.07, 6.45) is 3.06. The highest BCUT2D eigenvalue weighted by Crippen LogP contribution is 2.49. The minimum atomic E-state index is -0.625. The molecular formula is C17H15N3O3. The summed E-state index contributed by atoms with van der Waals surface area (Å²) in [5, 5.41) is 6.94. The summed E-state index contributed by atoms with van der Waals surface area (Å²) in [5.41, 5.74) is 0.864. The SMILES string of the molecule is Cc1cccc(NC(=O)C2(c3cc(-c4ccco4)on3)CC2)n1. The molecule has 0 aromatic carbocycles. The lowest BCUT2D eigenvalue weighted by molar-refractivity contribution is -0.118. The zero-order valence-electron chi connectivity index (χ0n) is 12.6. The molecule has 116 valence electrons. The summed E-state index contributed by atoms with van der Waals surface area (Å²) in [6.45, 7) is 1.88. The van der Waals surface area contributed by atoms with Gasteiger partial charge in [-0.2, -0.15) is 0 Å². The van der Waals surface area contributed by atoms with Crippen molar-refractivity contribution in [2.75, 3.05) is 5.32 Å². The molecule has 1 amide bonds. The van der Waals surface area contributed by atoms with E-state index in [9.17, 15) is 4.79 Å². The topological polar surface area (TPSA) is 81.2 Å². The Bertz CT molecular complexity index is 848. The van der Waals surface area contributed by atoms with E-state index in [1.165, 1.54) is 0 Å². The van der Waals surface area contributed by atoms with Crippen molar-refractivity contribution >= 4 is 11.7 Å². The van der Waals surface area contributed by atoms with Crippen LogP contribution in [0.3, 0.4) is 0 Å².